The van der Waals surface area contributed by atoms with Crippen LogP contribution in [0, 0.1) is 5.41 Å². The first kappa shape index (κ1) is 16.4. The zero-order chi connectivity index (χ0) is 16.3. The molecule has 1 atom stereocenters. The molecule has 3 rings (SSSR count). The van der Waals surface area contributed by atoms with Crippen LogP contribution in [0.25, 0.3) is 0 Å². The van der Waals surface area contributed by atoms with Crippen LogP contribution in [-0.2, 0) is 21.2 Å². The Labute approximate surface area is 135 Å². The van der Waals surface area contributed by atoms with Gasteiger partial charge in [0.2, 0.25) is 5.91 Å². The molecule has 1 aliphatic heterocycles. The summed E-state index contributed by atoms with van der Waals surface area (Å²) < 4.78 is 24.7. The molecule has 0 radical (unpaired) electrons. The Morgan fingerprint density at radius 2 is 2.09 bits per heavy atom. The van der Waals surface area contributed by atoms with Gasteiger partial charge in [-0.15, -0.1) is 5.10 Å². The van der Waals surface area contributed by atoms with Gasteiger partial charge in [-0.1, -0.05) is 19.3 Å². The Hall–Kier alpha value is -1.51. The number of nitrogens with zero attached hydrogens (tertiary/aromatic N) is 4. The van der Waals surface area contributed by atoms with Crippen molar-refractivity contribution in [1.29, 1.82) is 0 Å². The van der Waals surface area contributed by atoms with Crippen LogP contribution in [0.1, 0.15) is 44.9 Å². The van der Waals surface area contributed by atoms with Crippen LogP contribution in [0.5, 0.6) is 0 Å². The average molecular weight is 341 g/mol. The maximum atomic E-state index is 12.4. The van der Waals surface area contributed by atoms with Gasteiger partial charge in [-0.25, -0.2) is 13.1 Å². The fourth-order valence-electron chi connectivity index (χ4n) is 3.82. The van der Waals surface area contributed by atoms with Crippen molar-refractivity contribution in [3.05, 3.63) is 6.33 Å². The first-order chi connectivity index (χ1) is 11.0. The highest BCUT2D eigenvalue weighted by molar-refractivity contribution is 7.91. The molecule has 0 aromatic carbocycles. The lowest BCUT2D eigenvalue weighted by Gasteiger charge is -2.36. The number of aromatic nitrogens is 4. The summed E-state index contributed by atoms with van der Waals surface area (Å²) in [6.45, 7) is 0.635. The molecule has 1 aliphatic carbocycles. The Morgan fingerprint density at radius 1 is 1.30 bits per heavy atom. The number of tetrazole rings is 1. The second-order valence-corrected chi connectivity index (χ2v) is 9.14. The lowest BCUT2D eigenvalue weighted by atomic mass is 9.71. The topological polar surface area (TPSA) is 107 Å². The highest BCUT2D eigenvalue weighted by atomic mass is 32.2. The Morgan fingerprint density at radius 3 is 2.70 bits per heavy atom. The van der Waals surface area contributed by atoms with E-state index in [2.05, 4.69) is 20.8 Å². The number of amides is 1. The van der Waals surface area contributed by atoms with Crippen molar-refractivity contribution in [3.63, 3.8) is 0 Å². The van der Waals surface area contributed by atoms with E-state index in [1.165, 1.54) is 6.42 Å². The van der Waals surface area contributed by atoms with Gasteiger partial charge in [0.25, 0.3) is 0 Å². The van der Waals surface area contributed by atoms with E-state index >= 15 is 0 Å². The molecule has 1 saturated heterocycles. The Bertz CT molecular complexity index is 637. The van der Waals surface area contributed by atoms with Crippen molar-refractivity contribution in [1.82, 2.24) is 25.5 Å². The minimum atomic E-state index is -2.98. The normalized spacial score (nSPS) is 26.0. The van der Waals surface area contributed by atoms with E-state index < -0.39 is 9.84 Å². The van der Waals surface area contributed by atoms with Gasteiger partial charge in [0.05, 0.1) is 18.1 Å². The van der Waals surface area contributed by atoms with Gasteiger partial charge in [0.15, 0.2) is 9.84 Å². The van der Waals surface area contributed by atoms with Crippen molar-refractivity contribution >= 4 is 15.7 Å². The average Bonchev–Trinajstić information content (AvgIpc) is 3.09. The summed E-state index contributed by atoms with van der Waals surface area (Å²) in [4.78, 5) is 12.4. The molecule has 8 nitrogen and oxygen atoms in total. The molecule has 1 amide bonds. The predicted octanol–water partition coefficient (Wildman–Crippen LogP) is 0.317. The van der Waals surface area contributed by atoms with Gasteiger partial charge in [-0.3, -0.25) is 4.79 Å². The minimum absolute atomic E-state index is 0.0536. The second-order valence-electron chi connectivity index (χ2n) is 6.91. The molecule has 2 heterocycles. The van der Waals surface area contributed by atoms with Crippen LogP contribution in [0.15, 0.2) is 6.33 Å². The molecule has 1 N–H and O–H groups in total. The van der Waals surface area contributed by atoms with Crippen LogP contribution in [0.4, 0.5) is 0 Å². The van der Waals surface area contributed by atoms with E-state index in [0.717, 1.165) is 25.7 Å². The smallest absolute Gasteiger partial charge is 0.220 e. The van der Waals surface area contributed by atoms with E-state index in [1.54, 1.807) is 11.0 Å². The van der Waals surface area contributed by atoms with Gasteiger partial charge in [0.1, 0.15) is 6.33 Å². The first-order valence-electron chi connectivity index (χ1n) is 8.17. The molecule has 0 spiro atoms. The van der Waals surface area contributed by atoms with Crippen LogP contribution in [-0.4, -0.2) is 52.1 Å². The zero-order valence-electron chi connectivity index (χ0n) is 13.1. The number of carbonyl (C=O) groups is 1. The summed E-state index contributed by atoms with van der Waals surface area (Å²) in [6.07, 6.45) is 7.86. The van der Waals surface area contributed by atoms with E-state index in [1.807, 2.05) is 0 Å². The third kappa shape index (κ3) is 4.27. The molecular weight excluding hydrogens is 318 g/mol. The van der Waals surface area contributed by atoms with Gasteiger partial charge >= 0.3 is 0 Å². The van der Waals surface area contributed by atoms with E-state index in [0.29, 0.717) is 19.4 Å². The molecule has 9 heteroatoms. The molecule has 2 fully saturated rings. The van der Waals surface area contributed by atoms with Gasteiger partial charge in [0, 0.05) is 12.5 Å². The van der Waals surface area contributed by atoms with Crippen molar-refractivity contribution in [2.45, 2.75) is 57.5 Å². The largest absolute Gasteiger partial charge is 0.352 e. The minimum Gasteiger partial charge on any atom is -0.352 e. The number of carbonyl (C=O) groups excluding carboxylic acids is 1. The lowest BCUT2D eigenvalue weighted by Crippen LogP contribution is -2.41. The molecular formula is C14H23N5O3S. The van der Waals surface area contributed by atoms with Crippen LogP contribution in [0.3, 0.4) is 0 Å². The monoisotopic (exact) mass is 341 g/mol. The van der Waals surface area contributed by atoms with Crippen LogP contribution < -0.4 is 5.32 Å². The molecule has 1 aromatic heterocycles. The third-order valence-electron chi connectivity index (χ3n) is 4.94. The van der Waals surface area contributed by atoms with Crippen molar-refractivity contribution in [2.24, 2.45) is 5.41 Å². The standard InChI is InChI=1S/C14H23N5O3S/c20-13(16-12-4-7-23(21,22)9-12)8-14(5-2-1-3-6-14)10-19-11-15-17-18-19/h11-12H,1-10H2,(H,16,20)/t12-/m0/s1. The molecule has 0 bridgehead atoms. The molecule has 1 saturated carbocycles. The first-order valence-corrected chi connectivity index (χ1v) is 9.99. The molecule has 23 heavy (non-hydrogen) atoms. The van der Waals surface area contributed by atoms with Gasteiger partial charge in [-0.05, 0) is 35.1 Å². The van der Waals surface area contributed by atoms with Crippen molar-refractivity contribution in [3.8, 4) is 0 Å². The SMILES string of the molecule is O=C(CC1(Cn2cnnn2)CCCCC1)N[C@H]1CCS(=O)(=O)C1. The number of hydrogen-bond donors (Lipinski definition) is 1. The van der Waals surface area contributed by atoms with Crippen molar-refractivity contribution in [2.75, 3.05) is 11.5 Å². The predicted molar refractivity (Wildman–Crippen MR) is 83.2 cm³/mol. The third-order valence-corrected chi connectivity index (χ3v) is 6.70. The number of nitrogens with one attached hydrogen (secondary N) is 1. The quantitative estimate of drug-likeness (QED) is 0.826. The van der Waals surface area contributed by atoms with Crippen molar-refractivity contribution < 1.29 is 13.2 Å². The Balaban J connectivity index is 1.62. The fraction of sp³-hybridized carbons (Fsp3) is 0.857. The summed E-state index contributed by atoms with van der Waals surface area (Å²) in [7, 11) is -2.98. The van der Waals surface area contributed by atoms with Gasteiger partial charge < -0.3 is 5.32 Å². The summed E-state index contributed by atoms with van der Waals surface area (Å²) in [5, 5.41) is 14.2. The van der Waals surface area contributed by atoms with E-state index in [-0.39, 0.29) is 28.9 Å². The van der Waals surface area contributed by atoms with E-state index in [9.17, 15) is 13.2 Å². The Kier molecular flexibility index (Phi) is 4.65. The molecule has 1 aromatic rings. The van der Waals surface area contributed by atoms with Gasteiger partial charge in [-0.2, -0.15) is 0 Å². The highest BCUT2D eigenvalue weighted by Gasteiger charge is 2.36. The number of hydrogen-bond acceptors (Lipinski definition) is 6. The maximum Gasteiger partial charge on any atom is 0.220 e. The second kappa shape index (κ2) is 6.54. The lowest BCUT2D eigenvalue weighted by molar-refractivity contribution is -0.125. The van der Waals surface area contributed by atoms with Crippen LogP contribution >= 0.6 is 0 Å². The maximum absolute atomic E-state index is 12.4. The van der Waals surface area contributed by atoms with E-state index in [4.69, 9.17) is 0 Å². The summed E-state index contributed by atoms with van der Waals surface area (Å²) in [5.74, 6) is 0.189. The summed E-state index contributed by atoms with van der Waals surface area (Å²) in [6, 6.07) is -0.235. The summed E-state index contributed by atoms with van der Waals surface area (Å²) >= 11 is 0. The molecule has 0 unspecified atom stereocenters. The molecule has 128 valence electrons. The fourth-order valence-corrected chi connectivity index (χ4v) is 5.49. The van der Waals surface area contributed by atoms with Crippen LogP contribution in [0.2, 0.25) is 0 Å². The zero-order valence-corrected chi connectivity index (χ0v) is 14.0. The highest BCUT2D eigenvalue weighted by Crippen LogP contribution is 2.40. The number of sulfone groups is 1. The number of rotatable bonds is 5. The summed E-state index contributed by atoms with van der Waals surface area (Å²) in [5.41, 5.74) is -0.130. The molecule has 2 aliphatic rings.